The van der Waals surface area contributed by atoms with Crippen LogP contribution >= 0.6 is 11.3 Å². The van der Waals surface area contributed by atoms with Crippen LogP contribution in [0.1, 0.15) is 45.4 Å². The third kappa shape index (κ3) is 4.49. The fourth-order valence-corrected chi connectivity index (χ4v) is 3.95. The van der Waals surface area contributed by atoms with Crippen molar-refractivity contribution in [3.8, 4) is 5.75 Å². The second-order valence-electron chi connectivity index (χ2n) is 6.18. The van der Waals surface area contributed by atoms with Crippen molar-refractivity contribution in [3.63, 3.8) is 0 Å². The zero-order valence-electron chi connectivity index (χ0n) is 14.6. The molecule has 0 spiro atoms. The summed E-state index contributed by atoms with van der Waals surface area (Å²) in [4.78, 5) is 25.1. The summed E-state index contributed by atoms with van der Waals surface area (Å²) >= 11 is 1.57. The summed E-state index contributed by atoms with van der Waals surface area (Å²) in [5.74, 6) is -0.150. The molecule has 0 unspecified atom stereocenters. The highest BCUT2D eigenvalue weighted by Gasteiger charge is 2.17. The predicted molar refractivity (Wildman–Crippen MR) is 102 cm³/mol. The van der Waals surface area contributed by atoms with Gasteiger partial charge in [-0.3, -0.25) is 9.59 Å². The molecule has 0 saturated carbocycles. The number of hydrogen-bond donors (Lipinski definition) is 2. The van der Waals surface area contributed by atoms with E-state index in [-0.39, 0.29) is 12.5 Å². The number of amides is 2. The normalized spacial score (nSPS) is 13.8. The number of benzene rings is 1. The van der Waals surface area contributed by atoms with E-state index in [1.807, 2.05) is 25.1 Å². The number of nitrogens with zero attached hydrogens (tertiary/aromatic N) is 1. The smallest absolute Gasteiger partial charge is 0.281 e. The largest absolute Gasteiger partial charge is 0.484 e. The van der Waals surface area contributed by atoms with Crippen molar-refractivity contribution in [3.05, 3.63) is 51.2 Å². The molecule has 0 atom stereocenters. The van der Waals surface area contributed by atoms with Gasteiger partial charge in [-0.05, 0) is 74.1 Å². The molecule has 1 aromatic carbocycles. The monoisotopic (exact) mass is 371 g/mol. The van der Waals surface area contributed by atoms with Crippen LogP contribution in [0.5, 0.6) is 5.75 Å². The van der Waals surface area contributed by atoms with Crippen LogP contribution in [0.15, 0.2) is 35.4 Å². The summed E-state index contributed by atoms with van der Waals surface area (Å²) in [6.45, 7) is 1.66. The zero-order valence-corrected chi connectivity index (χ0v) is 15.4. The van der Waals surface area contributed by atoms with E-state index in [1.54, 1.807) is 23.5 Å². The van der Waals surface area contributed by atoms with E-state index < -0.39 is 5.91 Å². The van der Waals surface area contributed by atoms with Gasteiger partial charge in [0.1, 0.15) is 5.75 Å². The molecule has 0 fully saturated rings. The van der Waals surface area contributed by atoms with E-state index in [2.05, 4.69) is 10.5 Å². The molecule has 1 aromatic heterocycles. The van der Waals surface area contributed by atoms with Gasteiger partial charge in [0.2, 0.25) is 0 Å². The Bertz CT molecular complexity index is 817. The predicted octanol–water partition coefficient (Wildman–Crippen LogP) is 2.65. The van der Waals surface area contributed by atoms with Crippen molar-refractivity contribution in [2.75, 3.05) is 6.61 Å². The maximum Gasteiger partial charge on any atom is 0.281 e. The number of nitrogens with two attached hydrogens (primary N) is 1. The zero-order chi connectivity index (χ0) is 18.5. The van der Waals surface area contributed by atoms with Crippen LogP contribution in [0.2, 0.25) is 0 Å². The minimum atomic E-state index is -0.523. The Morgan fingerprint density at radius 2 is 1.96 bits per heavy atom. The summed E-state index contributed by atoms with van der Waals surface area (Å²) in [5, 5.41) is 4.19. The lowest BCUT2D eigenvalue weighted by atomic mass is 9.99. The summed E-state index contributed by atoms with van der Waals surface area (Å²) in [6.07, 6.45) is 4.53. The van der Waals surface area contributed by atoms with Crippen molar-refractivity contribution >= 4 is 28.9 Å². The second-order valence-corrected chi connectivity index (χ2v) is 7.32. The molecule has 3 rings (SSSR count). The number of fused-ring (bicyclic) bond motifs is 1. The molecule has 2 aromatic rings. The molecular formula is C19H21N3O3S. The summed E-state index contributed by atoms with van der Waals surface area (Å²) in [6, 6.07) is 9.07. The number of ether oxygens (including phenoxy) is 1. The van der Waals surface area contributed by atoms with E-state index in [9.17, 15) is 9.59 Å². The summed E-state index contributed by atoms with van der Waals surface area (Å²) in [5.41, 5.74) is 10.5. The van der Waals surface area contributed by atoms with Gasteiger partial charge < -0.3 is 10.5 Å². The highest BCUT2D eigenvalue weighted by Crippen LogP contribution is 2.29. The minimum Gasteiger partial charge on any atom is -0.484 e. The van der Waals surface area contributed by atoms with E-state index >= 15 is 0 Å². The lowest BCUT2D eigenvalue weighted by molar-refractivity contribution is -0.119. The SMILES string of the molecule is C/C(=N\NC(=O)c1cc2c(s1)CCCC2)c1ccc(OCC(N)=O)cc1. The topological polar surface area (TPSA) is 93.8 Å². The second kappa shape index (κ2) is 8.14. The minimum absolute atomic E-state index is 0.159. The van der Waals surface area contributed by atoms with E-state index in [1.165, 1.54) is 23.3 Å². The van der Waals surface area contributed by atoms with E-state index in [4.69, 9.17) is 10.5 Å². The summed E-state index contributed by atoms with van der Waals surface area (Å²) < 4.78 is 5.22. The van der Waals surface area contributed by atoms with Crippen LogP contribution in [0.25, 0.3) is 0 Å². The van der Waals surface area contributed by atoms with Crippen molar-refractivity contribution in [2.45, 2.75) is 32.6 Å². The van der Waals surface area contributed by atoms with Gasteiger partial charge in [-0.15, -0.1) is 11.3 Å². The molecule has 0 radical (unpaired) electrons. The fraction of sp³-hybridized carbons (Fsp3) is 0.316. The molecule has 1 aliphatic carbocycles. The van der Waals surface area contributed by atoms with Gasteiger partial charge in [0.25, 0.3) is 11.8 Å². The Morgan fingerprint density at radius 1 is 1.23 bits per heavy atom. The highest BCUT2D eigenvalue weighted by molar-refractivity contribution is 7.14. The van der Waals surface area contributed by atoms with Crippen molar-refractivity contribution in [1.29, 1.82) is 0 Å². The maximum absolute atomic E-state index is 12.3. The van der Waals surface area contributed by atoms with Gasteiger partial charge in [0.15, 0.2) is 6.61 Å². The van der Waals surface area contributed by atoms with Crippen molar-refractivity contribution < 1.29 is 14.3 Å². The van der Waals surface area contributed by atoms with Gasteiger partial charge in [0, 0.05) is 4.88 Å². The van der Waals surface area contributed by atoms with Crippen LogP contribution < -0.4 is 15.9 Å². The molecule has 0 saturated heterocycles. The van der Waals surface area contributed by atoms with Gasteiger partial charge in [-0.2, -0.15) is 5.10 Å². The number of rotatable bonds is 6. The quantitative estimate of drug-likeness (QED) is 0.604. The molecule has 136 valence electrons. The molecule has 6 nitrogen and oxygen atoms in total. The molecule has 0 bridgehead atoms. The van der Waals surface area contributed by atoms with Gasteiger partial charge in [-0.1, -0.05) is 0 Å². The number of thiophene rings is 1. The molecule has 1 aliphatic rings. The van der Waals surface area contributed by atoms with Crippen molar-refractivity contribution in [2.24, 2.45) is 10.8 Å². The molecule has 7 heteroatoms. The van der Waals surface area contributed by atoms with E-state index in [0.29, 0.717) is 16.3 Å². The maximum atomic E-state index is 12.3. The van der Waals surface area contributed by atoms with Crippen LogP contribution in [0, 0.1) is 0 Å². The number of nitrogens with one attached hydrogen (secondary N) is 1. The number of carbonyl (C=O) groups excluding carboxylic acids is 2. The molecule has 0 aliphatic heterocycles. The standard InChI is InChI=1S/C19H21N3O3S/c1-12(13-6-8-15(9-7-13)25-11-18(20)23)21-22-19(24)17-10-14-4-2-3-5-16(14)26-17/h6-10H,2-5,11H2,1H3,(H2,20,23)(H,22,24)/b21-12+. The Labute approximate surface area is 156 Å². The summed E-state index contributed by atoms with van der Waals surface area (Å²) in [7, 11) is 0. The van der Waals surface area contributed by atoms with Crippen LogP contribution in [0.4, 0.5) is 0 Å². The van der Waals surface area contributed by atoms with E-state index in [0.717, 1.165) is 18.4 Å². The molecule has 2 amide bonds. The number of hydrazone groups is 1. The van der Waals surface area contributed by atoms with Crippen LogP contribution in [0.3, 0.4) is 0 Å². The number of carbonyl (C=O) groups is 2. The Morgan fingerprint density at radius 3 is 2.65 bits per heavy atom. The average molecular weight is 371 g/mol. The third-order valence-electron chi connectivity index (χ3n) is 4.20. The third-order valence-corrected chi connectivity index (χ3v) is 5.43. The first kappa shape index (κ1) is 18.1. The van der Waals surface area contributed by atoms with Gasteiger partial charge in [-0.25, -0.2) is 5.43 Å². The first-order valence-electron chi connectivity index (χ1n) is 8.50. The lowest BCUT2D eigenvalue weighted by Crippen LogP contribution is -2.20. The highest BCUT2D eigenvalue weighted by atomic mass is 32.1. The Balaban J connectivity index is 1.61. The first-order chi connectivity index (χ1) is 12.5. The number of hydrogen-bond acceptors (Lipinski definition) is 5. The van der Waals surface area contributed by atoms with Gasteiger partial charge >= 0.3 is 0 Å². The van der Waals surface area contributed by atoms with Gasteiger partial charge in [0.05, 0.1) is 10.6 Å². The van der Waals surface area contributed by atoms with Crippen molar-refractivity contribution in [1.82, 2.24) is 5.43 Å². The fourth-order valence-electron chi connectivity index (χ4n) is 2.80. The van der Waals surface area contributed by atoms with Crippen LogP contribution in [-0.4, -0.2) is 24.1 Å². The van der Waals surface area contributed by atoms with Crippen LogP contribution in [-0.2, 0) is 17.6 Å². The Hall–Kier alpha value is -2.67. The Kier molecular flexibility index (Phi) is 5.68. The number of primary amides is 1. The molecular weight excluding hydrogens is 350 g/mol. The molecule has 1 heterocycles. The molecule has 26 heavy (non-hydrogen) atoms. The lowest BCUT2D eigenvalue weighted by Gasteiger charge is -2.08. The molecule has 3 N–H and O–H groups in total. The number of aryl methyl sites for hydroxylation is 2. The average Bonchev–Trinajstić information content (AvgIpc) is 3.09. The first-order valence-corrected chi connectivity index (χ1v) is 9.32.